The highest BCUT2D eigenvalue weighted by Crippen LogP contribution is 2.52. The Morgan fingerprint density at radius 1 is 0.447 bits per heavy atom. The second kappa shape index (κ2) is 9.57. The van der Waals surface area contributed by atoms with Crippen molar-refractivity contribution in [1.82, 2.24) is 9.97 Å². The molecule has 0 saturated carbocycles. The SMILES string of the molecule is CC1(C)c2ccccc2-c2c1ccc1c2ccc2ccc3cc(-c4nc5c(ccc6ccccc65)nc4-c4ccccc4)ccc3c21. The van der Waals surface area contributed by atoms with Gasteiger partial charge in [0.2, 0.25) is 0 Å². The molecule has 220 valence electrons. The molecule has 0 N–H and O–H groups in total. The molecule has 0 saturated heterocycles. The van der Waals surface area contributed by atoms with Crippen molar-refractivity contribution in [3.8, 4) is 33.6 Å². The summed E-state index contributed by atoms with van der Waals surface area (Å²) in [6.07, 6.45) is 0. The lowest BCUT2D eigenvalue weighted by Crippen LogP contribution is -2.14. The van der Waals surface area contributed by atoms with Crippen molar-refractivity contribution in [2.24, 2.45) is 0 Å². The van der Waals surface area contributed by atoms with Crippen LogP contribution in [0.2, 0.25) is 0 Å². The molecule has 1 heterocycles. The molecule has 1 aromatic heterocycles. The molecule has 47 heavy (non-hydrogen) atoms. The smallest absolute Gasteiger partial charge is 0.0973 e. The summed E-state index contributed by atoms with van der Waals surface area (Å²) >= 11 is 0. The second-order valence-corrected chi connectivity index (χ2v) is 13.4. The molecular formula is C45H30N2. The van der Waals surface area contributed by atoms with Crippen LogP contribution in [0.5, 0.6) is 0 Å². The Morgan fingerprint density at radius 3 is 2.06 bits per heavy atom. The molecule has 0 bridgehead atoms. The maximum absolute atomic E-state index is 5.38. The number of rotatable bonds is 2. The standard InChI is InChI=1S/C45H30N2/c1-45(2)37-15-9-8-14-36(37)41-35-22-18-28-16-17-30-26-31(19-21-32(30)40(28)34(35)23-24-38(41)45)43-42(29-11-4-3-5-12-29)46-39-25-20-27-10-6-7-13-33(27)44(39)47-43/h3-26H,1-2H3. The Kier molecular flexibility index (Phi) is 5.37. The van der Waals surface area contributed by atoms with Crippen LogP contribution in [0.3, 0.4) is 0 Å². The maximum atomic E-state index is 5.38. The highest BCUT2D eigenvalue weighted by molar-refractivity contribution is 6.23. The fourth-order valence-electron chi connectivity index (χ4n) is 8.11. The largest absolute Gasteiger partial charge is 0.244 e. The van der Waals surface area contributed by atoms with Crippen LogP contribution >= 0.6 is 0 Å². The fourth-order valence-corrected chi connectivity index (χ4v) is 8.11. The van der Waals surface area contributed by atoms with Crippen molar-refractivity contribution in [3.05, 3.63) is 157 Å². The zero-order valence-corrected chi connectivity index (χ0v) is 26.3. The molecule has 9 aromatic rings. The molecule has 2 nitrogen and oxygen atoms in total. The highest BCUT2D eigenvalue weighted by atomic mass is 14.8. The van der Waals surface area contributed by atoms with E-state index in [1.54, 1.807) is 0 Å². The van der Waals surface area contributed by atoms with Crippen molar-refractivity contribution in [3.63, 3.8) is 0 Å². The van der Waals surface area contributed by atoms with Gasteiger partial charge in [-0.1, -0.05) is 147 Å². The van der Waals surface area contributed by atoms with Gasteiger partial charge in [-0.25, -0.2) is 9.97 Å². The van der Waals surface area contributed by atoms with Crippen LogP contribution in [0.15, 0.2) is 146 Å². The first-order chi connectivity index (χ1) is 23.1. The third-order valence-corrected chi connectivity index (χ3v) is 10.4. The van der Waals surface area contributed by atoms with E-state index in [9.17, 15) is 0 Å². The molecule has 8 aromatic carbocycles. The van der Waals surface area contributed by atoms with Gasteiger partial charge >= 0.3 is 0 Å². The van der Waals surface area contributed by atoms with Gasteiger partial charge in [0.05, 0.1) is 22.4 Å². The van der Waals surface area contributed by atoms with Crippen LogP contribution in [0.25, 0.3) is 87.8 Å². The normalized spacial score (nSPS) is 13.5. The monoisotopic (exact) mass is 598 g/mol. The van der Waals surface area contributed by atoms with Gasteiger partial charge in [0.15, 0.2) is 0 Å². The lowest BCUT2D eigenvalue weighted by atomic mass is 9.82. The molecule has 1 aliphatic rings. The first-order valence-electron chi connectivity index (χ1n) is 16.3. The average molecular weight is 599 g/mol. The Morgan fingerprint density at radius 2 is 1.15 bits per heavy atom. The van der Waals surface area contributed by atoms with Crippen molar-refractivity contribution < 1.29 is 0 Å². The van der Waals surface area contributed by atoms with Gasteiger partial charge in [-0.3, -0.25) is 0 Å². The topological polar surface area (TPSA) is 25.8 Å². The van der Waals surface area contributed by atoms with Crippen LogP contribution in [-0.4, -0.2) is 9.97 Å². The van der Waals surface area contributed by atoms with E-state index in [2.05, 4.69) is 153 Å². The van der Waals surface area contributed by atoms with E-state index in [0.717, 1.165) is 38.9 Å². The Labute approximate surface area is 273 Å². The molecule has 1 aliphatic carbocycles. The molecule has 0 radical (unpaired) electrons. The van der Waals surface area contributed by atoms with Gasteiger partial charge in [-0.15, -0.1) is 0 Å². The van der Waals surface area contributed by atoms with Gasteiger partial charge in [0.1, 0.15) is 0 Å². The number of hydrogen-bond donors (Lipinski definition) is 0. The molecule has 0 amide bonds. The molecule has 0 aliphatic heterocycles. The predicted molar refractivity (Wildman–Crippen MR) is 198 cm³/mol. The van der Waals surface area contributed by atoms with Crippen LogP contribution in [0.4, 0.5) is 0 Å². The molecule has 2 heteroatoms. The van der Waals surface area contributed by atoms with Crippen molar-refractivity contribution >= 4 is 54.1 Å². The van der Waals surface area contributed by atoms with Crippen molar-refractivity contribution in [1.29, 1.82) is 0 Å². The first-order valence-corrected chi connectivity index (χ1v) is 16.3. The maximum Gasteiger partial charge on any atom is 0.0973 e. The van der Waals surface area contributed by atoms with E-state index in [4.69, 9.17) is 9.97 Å². The highest BCUT2D eigenvalue weighted by Gasteiger charge is 2.36. The predicted octanol–water partition coefficient (Wildman–Crippen LogP) is 11.9. The molecule has 10 rings (SSSR count). The third-order valence-electron chi connectivity index (χ3n) is 10.4. The number of aromatic nitrogens is 2. The van der Waals surface area contributed by atoms with E-state index in [0.29, 0.717) is 0 Å². The zero-order valence-electron chi connectivity index (χ0n) is 26.3. The van der Waals surface area contributed by atoms with Crippen LogP contribution < -0.4 is 0 Å². The van der Waals surface area contributed by atoms with Gasteiger partial charge < -0.3 is 0 Å². The van der Waals surface area contributed by atoms with E-state index < -0.39 is 0 Å². The van der Waals surface area contributed by atoms with Crippen molar-refractivity contribution in [2.75, 3.05) is 0 Å². The minimum atomic E-state index is -0.0224. The van der Waals surface area contributed by atoms with Crippen molar-refractivity contribution in [2.45, 2.75) is 19.3 Å². The Bertz CT molecular complexity index is 2760. The second-order valence-electron chi connectivity index (χ2n) is 13.4. The third kappa shape index (κ3) is 3.73. The lowest BCUT2D eigenvalue weighted by Gasteiger charge is -2.21. The minimum Gasteiger partial charge on any atom is -0.244 e. The van der Waals surface area contributed by atoms with E-state index in [1.165, 1.54) is 60.0 Å². The average Bonchev–Trinajstić information content (AvgIpc) is 3.37. The summed E-state index contributed by atoms with van der Waals surface area (Å²) in [5.41, 5.74) is 11.3. The van der Waals surface area contributed by atoms with Gasteiger partial charge in [0, 0.05) is 21.9 Å². The number of fused-ring (bicyclic) bond motifs is 12. The zero-order chi connectivity index (χ0) is 31.3. The van der Waals surface area contributed by atoms with Crippen LogP contribution in [0.1, 0.15) is 25.0 Å². The summed E-state index contributed by atoms with van der Waals surface area (Å²) in [5.74, 6) is 0. The summed E-state index contributed by atoms with van der Waals surface area (Å²) < 4.78 is 0. The van der Waals surface area contributed by atoms with Crippen LogP contribution in [-0.2, 0) is 5.41 Å². The first kappa shape index (κ1) is 26.4. The number of benzene rings is 8. The molecular weight excluding hydrogens is 569 g/mol. The molecule has 0 atom stereocenters. The van der Waals surface area contributed by atoms with Gasteiger partial charge in [-0.05, 0) is 72.1 Å². The molecule has 0 unspecified atom stereocenters. The quantitative estimate of drug-likeness (QED) is 0.185. The summed E-state index contributed by atoms with van der Waals surface area (Å²) in [4.78, 5) is 10.6. The van der Waals surface area contributed by atoms with Gasteiger partial charge in [-0.2, -0.15) is 0 Å². The number of hydrogen-bond acceptors (Lipinski definition) is 2. The van der Waals surface area contributed by atoms with Gasteiger partial charge in [0.25, 0.3) is 0 Å². The number of nitrogens with zero attached hydrogens (tertiary/aromatic N) is 2. The molecule has 0 spiro atoms. The Balaban J connectivity index is 1.24. The van der Waals surface area contributed by atoms with Crippen LogP contribution in [0, 0.1) is 0 Å². The van der Waals surface area contributed by atoms with E-state index in [-0.39, 0.29) is 5.41 Å². The van der Waals surface area contributed by atoms with E-state index in [1.807, 2.05) is 6.07 Å². The molecule has 0 fully saturated rings. The summed E-state index contributed by atoms with van der Waals surface area (Å²) in [7, 11) is 0. The minimum absolute atomic E-state index is 0.0224. The van der Waals surface area contributed by atoms with E-state index >= 15 is 0 Å². The summed E-state index contributed by atoms with van der Waals surface area (Å²) in [6.45, 7) is 4.70. The lowest BCUT2D eigenvalue weighted by molar-refractivity contribution is 0.661. The summed E-state index contributed by atoms with van der Waals surface area (Å²) in [5, 5.41) is 9.92. The Hall–Kier alpha value is -5.86. The summed E-state index contributed by atoms with van der Waals surface area (Å²) in [6, 6.07) is 52.7. The fraction of sp³-hybridized carbons (Fsp3) is 0.0667.